The van der Waals surface area contributed by atoms with Crippen molar-refractivity contribution in [1.82, 2.24) is 19.9 Å². The van der Waals surface area contributed by atoms with Crippen molar-refractivity contribution in [2.75, 3.05) is 31.1 Å². The van der Waals surface area contributed by atoms with Gasteiger partial charge in [-0.25, -0.2) is 28.6 Å². The van der Waals surface area contributed by atoms with Gasteiger partial charge in [0, 0.05) is 51.1 Å². The van der Waals surface area contributed by atoms with Crippen molar-refractivity contribution in [3.05, 3.63) is 53.4 Å². The second-order valence-electron chi connectivity index (χ2n) is 6.96. The van der Waals surface area contributed by atoms with E-state index in [-0.39, 0.29) is 11.7 Å². The number of nitrogens with two attached hydrogens (primary N) is 1. The van der Waals surface area contributed by atoms with Gasteiger partial charge in [-0.1, -0.05) is 0 Å². The van der Waals surface area contributed by atoms with Crippen LogP contribution in [0.4, 0.5) is 19.5 Å². The molecular formula is C19H19F2N7O2. The maximum atomic E-state index is 13.6. The molecule has 2 N–H and O–H groups in total. The summed E-state index contributed by atoms with van der Waals surface area (Å²) in [5.74, 6) is -1.67. The molecule has 3 heterocycles. The Morgan fingerprint density at radius 2 is 1.77 bits per heavy atom. The zero-order valence-electron chi connectivity index (χ0n) is 15.9. The molecule has 2 aromatic rings. The number of primary amides is 1. The quantitative estimate of drug-likeness (QED) is 0.818. The molecule has 30 heavy (non-hydrogen) atoms. The van der Waals surface area contributed by atoms with Crippen LogP contribution in [-0.4, -0.2) is 64.2 Å². The molecule has 4 rings (SSSR count). The predicted octanol–water partition coefficient (Wildman–Crippen LogP) is 1.53. The van der Waals surface area contributed by atoms with Gasteiger partial charge in [0.15, 0.2) is 0 Å². The highest BCUT2D eigenvalue weighted by Crippen LogP contribution is 2.30. The molecule has 0 saturated carbocycles. The van der Waals surface area contributed by atoms with Crippen LogP contribution in [0.25, 0.3) is 0 Å². The normalized spacial score (nSPS) is 18.7. The van der Waals surface area contributed by atoms with Gasteiger partial charge in [0.25, 0.3) is 5.91 Å². The number of urea groups is 1. The lowest BCUT2D eigenvalue weighted by atomic mass is 10.0. The number of halogens is 2. The first-order chi connectivity index (χ1) is 14.4. The van der Waals surface area contributed by atoms with Crippen LogP contribution in [-0.2, 0) is 0 Å². The molecule has 0 radical (unpaired) electrons. The van der Waals surface area contributed by atoms with Gasteiger partial charge in [0.1, 0.15) is 17.3 Å². The minimum absolute atomic E-state index is 0.120. The molecule has 2 aliphatic heterocycles. The first-order valence-electron chi connectivity index (χ1n) is 9.37. The summed E-state index contributed by atoms with van der Waals surface area (Å²) in [5, 5.41) is 5.38. The number of rotatable bonds is 3. The number of piperazine rings is 1. The number of hydrogen-bond acceptors (Lipinski definition) is 6. The molecule has 1 unspecified atom stereocenters. The monoisotopic (exact) mass is 415 g/mol. The summed E-state index contributed by atoms with van der Waals surface area (Å²) in [4.78, 5) is 36.1. The van der Waals surface area contributed by atoms with Gasteiger partial charge >= 0.3 is 6.03 Å². The van der Waals surface area contributed by atoms with Gasteiger partial charge < -0.3 is 15.5 Å². The largest absolute Gasteiger partial charge is 0.364 e. The Hall–Kier alpha value is -3.63. The van der Waals surface area contributed by atoms with Crippen molar-refractivity contribution >= 4 is 24.1 Å². The van der Waals surface area contributed by atoms with Crippen molar-refractivity contribution in [3.63, 3.8) is 0 Å². The van der Waals surface area contributed by atoms with E-state index in [4.69, 9.17) is 5.73 Å². The SMILES string of the molecule is NC(=O)c1ccnc(N2CCN(C(=O)N3N=CCC3c3cc(F)cc(F)c3)CC2)n1. The van der Waals surface area contributed by atoms with Crippen molar-refractivity contribution in [1.29, 1.82) is 0 Å². The highest BCUT2D eigenvalue weighted by molar-refractivity contribution is 5.90. The van der Waals surface area contributed by atoms with E-state index in [0.29, 0.717) is 44.1 Å². The van der Waals surface area contributed by atoms with Gasteiger partial charge in [-0.05, 0) is 23.8 Å². The fourth-order valence-electron chi connectivity index (χ4n) is 3.52. The predicted molar refractivity (Wildman–Crippen MR) is 104 cm³/mol. The maximum absolute atomic E-state index is 13.6. The number of nitrogens with zero attached hydrogens (tertiary/aromatic N) is 6. The van der Waals surface area contributed by atoms with Crippen LogP contribution in [0.2, 0.25) is 0 Å². The van der Waals surface area contributed by atoms with Gasteiger partial charge in [-0.2, -0.15) is 5.10 Å². The van der Waals surface area contributed by atoms with Crippen LogP contribution in [0.15, 0.2) is 35.6 Å². The van der Waals surface area contributed by atoms with Crippen molar-refractivity contribution < 1.29 is 18.4 Å². The molecular weight excluding hydrogens is 396 g/mol. The van der Waals surface area contributed by atoms with Crippen molar-refractivity contribution in [2.24, 2.45) is 10.8 Å². The molecule has 156 valence electrons. The first-order valence-corrected chi connectivity index (χ1v) is 9.37. The Labute approximate surface area is 170 Å². The topological polar surface area (TPSA) is 108 Å². The summed E-state index contributed by atoms with van der Waals surface area (Å²) in [6.45, 7) is 1.65. The molecule has 1 saturated heterocycles. The molecule has 2 aliphatic rings. The Morgan fingerprint density at radius 1 is 1.07 bits per heavy atom. The molecule has 0 spiro atoms. The van der Waals surface area contributed by atoms with Gasteiger partial charge in [0.2, 0.25) is 5.95 Å². The Balaban J connectivity index is 1.43. The number of hydrogen-bond donors (Lipinski definition) is 1. The standard InChI is InChI=1S/C19H19F2N7O2/c20-13-9-12(10-14(21)11-13)16-2-4-24-28(16)19(30)27-7-5-26(6-8-27)18-23-3-1-15(25-18)17(22)29/h1,3-4,9-11,16H,2,5-8H2,(H2,22,29). The number of anilines is 1. The van der Waals surface area contributed by atoms with Crippen LogP contribution in [0.1, 0.15) is 28.5 Å². The number of hydrazone groups is 1. The van der Waals surface area contributed by atoms with Crippen molar-refractivity contribution in [3.8, 4) is 0 Å². The van der Waals surface area contributed by atoms with Gasteiger partial charge in [-0.3, -0.25) is 4.79 Å². The Morgan fingerprint density at radius 3 is 2.43 bits per heavy atom. The average molecular weight is 415 g/mol. The third-order valence-electron chi connectivity index (χ3n) is 5.02. The average Bonchev–Trinajstić information content (AvgIpc) is 3.23. The molecule has 3 amide bonds. The number of amides is 3. The fraction of sp³-hybridized carbons (Fsp3) is 0.316. The molecule has 1 atom stereocenters. The summed E-state index contributed by atoms with van der Waals surface area (Å²) in [6.07, 6.45) is 3.40. The van der Waals surface area contributed by atoms with E-state index in [2.05, 4.69) is 15.1 Å². The second-order valence-corrected chi connectivity index (χ2v) is 6.96. The van der Waals surface area contributed by atoms with E-state index in [0.717, 1.165) is 6.07 Å². The van der Waals surface area contributed by atoms with E-state index in [1.807, 2.05) is 4.90 Å². The maximum Gasteiger partial charge on any atom is 0.341 e. The molecule has 1 fully saturated rings. The zero-order chi connectivity index (χ0) is 21.3. The van der Waals surface area contributed by atoms with Gasteiger partial charge in [0.05, 0.1) is 6.04 Å². The Kier molecular flexibility index (Phi) is 5.25. The van der Waals surface area contributed by atoms with Crippen LogP contribution in [0, 0.1) is 11.6 Å². The lowest BCUT2D eigenvalue weighted by molar-refractivity contribution is 0.0995. The molecule has 0 bridgehead atoms. The van der Waals surface area contributed by atoms with E-state index in [1.54, 1.807) is 11.1 Å². The molecule has 1 aromatic heterocycles. The van der Waals surface area contributed by atoms with E-state index in [1.165, 1.54) is 29.4 Å². The molecule has 0 aliphatic carbocycles. The summed E-state index contributed by atoms with van der Waals surface area (Å²) < 4.78 is 27.2. The van der Waals surface area contributed by atoms with E-state index in [9.17, 15) is 18.4 Å². The number of aromatic nitrogens is 2. The summed E-state index contributed by atoms with van der Waals surface area (Å²) in [5.41, 5.74) is 5.73. The number of carbonyl (C=O) groups is 2. The van der Waals surface area contributed by atoms with Crippen LogP contribution in [0.3, 0.4) is 0 Å². The highest BCUT2D eigenvalue weighted by Gasteiger charge is 2.33. The van der Waals surface area contributed by atoms with Crippen LogP contribution < -0.4 is 10.6 Å². The summed E-state index contributed by atoms with van der Waals surface area (Å²) in [7, 11) is 0. The third kappa shape index (κ3) is 3.91. The van der Waals surface area contributed by atoms with E-state index < -0.39 is 23.6 Å². The minimum atomic E-state index is -0.698. The van der Waals surface area contributed by atoms with Gasteiger partial charge in [-0.15, -0.1) is 0 Å². The molecule has 9 nitrogen and oxygen atoms in total. The lowest BCUT2D eigenvalue weighted by Crippen LogP contribution is -2.52. The van der Waals surface area contributed by atoms with Crippen molar-refractivity contribution in [2.45, 2.75) is 12.5 Å². The van der Waals surface area contributed by atoms with Crippen LogP contribution in [0.5, 0.6) is 0 Å². The first kappa shape index (κ1) is 19.7. The number of benzene rings is 1. The Bertz CT molecular complexity index is 988. The lowest BCUT2D eigenvalue weighted by Gasteiger charge is -2.37. The zero-order valence-corrected chi connectivity index (χ0v) is 15.9. The number of carbonyl (C=O) groups excluding carboxylic acids is 2. The summed E-state index contributed by atoms with van der Waals surface area (Å²) >= 11 is 0. The molecule has 1 aromatic carbocycles. The minimum Gasteiger partial charge on any atom is -0.364 e. The highest BCUT2D eigenvalue weighted by atomic mass is 19.1. The van der Waals surface area contributed by atoms with Crippen LogP contribution >= 0.6 is 0 Å². The third-order valence-corrected chi connectivity index (χ3v) is 5.02. The van der Waals surface area contributed by atoms with E-state index >= 15 is 0 Å². The smallest absolute Gasteiger partial charge is 0.341 e. The molecule has 11 heteroatoms. The second kappa shape index (κ2) is 8.01. The fourth-order valence-corrected chi connectivity index (χ4v) is 3.52. The summed E-state index contributed by atoms with van der Waals surface area (Å²) in [6, 6.07) is 3.75.